The minimum Gasteiger partial charge on any atom is -0.469 e. The molecule has 1 atom stereocenters. The highest BCUT2D eigenvalue weighted by Gasteiger charge is 2.23. The van der Waals surface area contributed by atoms with Crippen LogP contribution in [0, 0.1) is 0 Å². The fourth-order valence-electron chi connectivity index (χ4n) is 2.84. The van der Waals surface area contributed by atoms with Gasteiger partial charge in [-0.25, -0.2) is 0 Å². The summed E-state index contributed by atoms with van der Waals surface area (Å²) in [6.07, 6.45) is 4.62. The molecule has 0 fully saturated rings. The quantitative estimate of drug-likeness (QED) is 0.645. The molecule has 0 bridgehead atoms. The lowest BCUT2D eigenvalue weighted by Crippen LogP contribution is -2.38. The number of benzene rings is 1. The number of aryl methyl sites for hydroxylation is 2. The van der Waals surface area contributed by atoms with Crippen LogP contribution in [0.25, 0.3) is 0 Å². The van der Waals surface area contributed by atoms with Crippen LogP contribution in [0.1, 0.15) is 47.7 Å². The van der Waals surface area contributed by atoms with Gasteiger partial charge < -0.3 is 10.1 Å². The highest BCUT2D eigenvalue weighted by molar-refractivity contribution is 6.02. The van der Waals surface area contributed by atoms with Crippen LogP contribution < -0.4 is 5.32 Å². The zero-order valence-electron chi connectivity index (χ0n) is 12.8. The van der Waals surface area contributed by atoms with E-state index >= 15 is 0 Å². The molecule has 1 unspecified atom stereocenters. The van der Waals surface area contributed by atoms with Crippen molar-refractivity contribution in [3.05, 3.63) is 34.9 Å². The van der Waals surface area contributed by atoms with Crippen molar-refractivity contribution in [2.45, 2.75) is 45.1 Å². The molecule has 0 spiro atoms. The summed E-state index contributed by atoms with van der Waals surface area (Å²) < 4.78 is 4.67. The van der Waals surface area contributed by atoms with E-state index in [1.807, 2.05) is 19.1 Å². The van der Waals surface area contributed by atoms with Gasteiger partial charge in [0, 0.05) is 5.56 Å². The second-order valence-corrected chi connectivity index (χ2v) is 5.45. The van der Waals surface area contributed by atoms with E-state index in [0.29, 0.717) is 12.1 Å². The molecule has 0 aromatic heterocycles. The first-order valence-electron chi connectivity index (χ1n) is 7.62. The van der Waals surface area contributed by atoms with Crippen LogP contribution in [-0.2, 0) is 22.4 Å². The number of carbonyl (C=O) groups is 2. The number of nitrogens with one attached hydrogen (secondary N) is 1. The maximum atomic E-state index is 12.6. The topological polar surface area (TPSA) is 55.4 Å². The molecule has 4 nitrogen and oxygen atoms in total. The van der Waals surface area contributed by atoms with Gasteiger partial charge in [0.15, 0.2) is 5.78 Å². The molecular weight excluding hydrogens is 266 g/mol. The van der Waals surface area contributed by atoms with Crippen LogP contribution >= 0.6 is 0 Å². The van der Waals surface area contributed by atoms with Crippen molar-refractivity contribution in [3.63, 3.8) is 0 Å². The largest absolute Gasteiger partial charge is 0.469 e. The van der Waals surface area contributed by atoms with Crippen LogP contribution in [0.2, 0.25) is 0 Å². The fraction of sp³-hybridized carbons (Fsp3) is 0.529. The van der Waals surface area contributed by atoms with Crippen molar-refractivity contribution in [2.24, 2.45) is 0 Å². The molecular formula is C17H23NO3. The number of hydrogen-bond acceptors (Lipinski definition) is 4. The number of carbonyl (C=O) groups excluding carboxylic acids is 2. The number of likely N-dealkylation sites (N-methyl/N-ethyl adjacent to an activating group) is 1. The SMILES string of the molecule is CCNC(CC(=O)OC)C(=O)c1ccc2c(c1)CCCC2. The van der Waals surface area contributed by atoms with Crippen molar-refractivity contribution < 1.29 is 14.3 Å². The summed E-state index contributed by atoms with van der Waals surface area (Å²) in [5, 5.41) is 3.08. The van der Waals surface area contributed by atoms with Gasteiger partial charge in [-0.05, 0) is 49.4 Å². The lowest BCUT2D eigenvalue weighted by molar-refractivity contribution is -0.140. The Morgan fingerprint density at radius 2 is 1.95 bits per heavy atom. The third-order valence-corrected chi connectivity index (χ3v) is 4.00. The summed E-state index contributed by atoms with van der Waals surface area (Å²) >= 11 is 0. The van der Waals surface area contributed by atoms with Crippen molar-refractivity contribution in [3.8, 4) is 0 Å². The molecule has 1 N–H and O–H groups in total. The van der Waals surface area contributed by atoms with Crippen LogP contribution in [0.15, 0.2) is 18.2 Å². The summed E-state index contributed by atoms with van der Waals surface area (Å²) in [5.74, 6) is -0.400. The van der Waals surface area contributed by atoms with Gasteiger partial charge in [-0.15, -0.1) is 0 Å². The van der Waals surface area contributed by atoms with E-state index in [-0.39, 0.29) is 18.2 Å². The standard InChI is InChI=1S/C17H23NO3/c1-3-18-15(11-16(19)21-2)17(20)14-9-8-12-6-4-5-7-13(12)10-14/h8-10,15,18H,3-7,11H2,1-2H3. The van der Waals surface area contributed by atoms with E-state index in [4.69, 9.17) is 0 Å². The minimum atomic E-state index is -0.510. The van der Waals surface area contributed by atoms with E-state index < -0.39 is 6.04 Å². The normalized spacial score (nSPS) is 15.1. The van der Waals surface area contributed by atoms with Crippen molar-refractivity contribution in [1.82, 2.24) is 5.32 Å². The minimum absolute atomic E-state index is 0.0318. The van der Waals surface area contributed by atoms with Gasteiger partial charge in [0.05, 0.1) is 19.6 Å². The molecule has 0 radical (unpaired) electrons. The molecule has 1 aliphatic carbocycles. The number of rotatable bonds is 6. The van der Waals surface area contributed by atoms with E-state index in [0.717, 1.165) is 12.8 Å². The number of methoxy groups -OCH3 is 1. The van der Waals surface area contributed by atoms with E-state index in [1.165, 1.54) is 31.1 Å². The lowest BCUT2D eigenvalue weighted by Gasteiger charge is -2.19. The number of fused-ring (bicyclic) bond motifs is 1. The zero-order valence-corrected chi connectivity index (χ0v) is 12.8. The number of ketones is 1. The predicted octanol–water partition coefficient (Wildman–Crippen LogP) is 2.29. The monoisotopic (exact) mass is 289 g/mol. The van der Waals surface area contributed by atoms with Crippen molar-refractivity contribution in [1.29, 1.82) is 0 Å². The summed E-state index contributed by atoms with van der Waals surface area (Å²) in [6, 6.07) is 5.43. The van der Waals surface area contributed by atoms with E-state index in [2.05, 4.69) is 16.1 Å². The van der Waals surface area contributed by atoms with Gasteiger partial charge in [-0.3, -0.25) is 9.59 Å². The summed E-state index contributed by atoms with van der Waals surface area (Å²) in [7, 11) is 1.34. The second kappa shape index (κ2) is 7.36. The average Bonchev–Trinajstić information content (AvgIpc) is 2.53. The van der Waals surface area contributed by atoms with Crippen LogP contribution in [-0.4, -0.2) is 31.4 Å². The molecule has 0 amide bonds. The molecule has 1 aromatic rings. The Bertz CT molecular complexity index is 525. The van der Waals surface area contributed by atoms with Gasteiger partial charge in [0.2, 0.25) is 0 Å². The first-order valence-corrected chi connectivity index (χ1v) is 7.62. The molecule has 114 valence electrons. The van der Waals surface area contributed by atoms with Crippen LogP contribution in [0.4, 0.5) is 0 Å². The number of hydrogen-bond donors (Lipinski definition) is 1. The Labute approximate surface area is 125 Å². The first kappa shape index (κ1) is 15.7. The van der Waals surface area contributed by atoms with Gasteiger partial charge in [0.1, 0.15) is 0 Å². The molecule has 0 saturated heterocycles. The summed E-state index contributed by atoms with van der Waals surface area (Å²) in [4.78, 5) is 24.1. The molecule has 0 saturated carbocycles. The van der Waals surface area contributed by atoms with E-state index in [1.54, 1.807) is 0 Å². The van der Waals surface area contributed by atoms with Gasteiger partial charge in [-0.2, -0.15) is 0 Å². The second-order valence-electron chi connectivity index (χ2n) is 5.45. The number of esters is 1. The first-order chi connectivity index (χ1) is 10.2. The zero-order chi connectivity index (χ0) is 15.2. The Morgan fingerprint density at radius 3 is 2.62 bits per heavy atom. The smallest absolute Gasteiger partial charge is 0.307 e. The van der Waals surface area contributed by atoms with Crippen LogP contribution in [0.5, 0.6) is 0 Å². The average molecular weight is 289 g/mol. The summed E-state index contributed by atoms with van der Waals surface area (Å²) in [5.41, 5.74) is 3.32. The third kappa shape index (κ3) is 3.91. The molecule has 1 aromatic carbocycles. The predicted molar refractivity (Wildman–Crippen MR) is 81.5 cm³/mol. The number of ether oxygens (including phenoxy) is 1. The lowest BCUT2D eigenvalue weighted by atomic mass is 9.88. The van der Waals surface area contributed by atoms with E-state index in [9.17, 15) is 9.59 Å². The summed E-state index contributed by atoms with van der Waals surface area (Å²) in [6.45, 7) is 2.56. The molecule has 4 heteroatoms. The molecule has 0 aliphatic heterocycles. The molecule has 21 heavy (non-hydrogen) atoms. The maximum Gasteiger partial charge on any atom is 0.307 e. The highest BCUT2D eigenvalue weighted by atomic mass is 16.5. The Hall–Kier alpha value is -1.68. The highest BCUT2D eigenvalue weighted by Crippen LogP contribution is 2.23. The molecule has 0 heterocycles. The fourth-order valence-corrected chi connectivity index (χ4v) is 2.84. The van der Waals surface area contributed by atoms with Gasteiger partial charge in [-0.1, -0.05) is 19.1 Å². The molecule has 2 rings (SSSR count). The van der Waals surface area contributed by atoms with Crippen molar-refractivity contribution >= 4 is 11.8 Å². The molecule has 1 aliphatic rings. The maximum absolute atomic E-state index is 12.6. The Morgan fingerprint density at radius 1 is 1.24 bits per heavy atom. The number of Topliss-reactive ketones (excluding diaryl/α,β-unsaturated/α-hetero) is 1. The van der Waals surface area contributed by atoms with Gasteiger partial charge in [0.25, 0.3) is 0 Å². The third-order valence-electron chi connectivity index (χ3n) is 4.00. The Kier molecular flexibility index (Phi) is 5.51. The van der Waals surface area contributed by atoms with Crippen molar-refractivity contribution in [2.75, 3.05) is 13.7 Å². The van der Waals surface area contributed by atoms with Crippen LogP contribution in [0.3, 0.4) is 0 Å². The van der Waals surface area contributed by atoms with Gasteiger partial charge >= 0.3 is 5.97 Å². The Balaban J connectivity index is 2.17.